The highest BCUT2D eigenvalue weighted by atomic mass is 14.7. The number of allylic oxidation sites excluding steroid dienone is 2. The van der Waals surface area contributed by atoms with Crippen molar-refractivity contribution in [2.45, 2.75) is 20.3 Å². The highest BCUT2D eigenvalue weighted by molar-refractivity contribution is 5.71. The summed E-state index contributed by atoms with van der Waals surface area (Å²) in [7, 11) is 0. The summed E-state index contributed by atoms with van der Waals surface area (Å²) in [6, 6.07) is 4.05. The van der Waals surface area contributed by atoms with Crippen LogP contribution in [0.15, 0.2) is 31.0 Å². The van der Waals surface area contributed by atoms with E-state index in [0.29, 0.717) is 0 Å². The molecule has 0 aliphatic heterocycles. The Hall–Kier alpha value is -1.37. The minimum Gasteiger partial charge on any atom is -0.256 e. The lowest BCUT2D eigenvalue weighted by Gasteiger charge is -2.06. The summed E-state index contributed by atoms with van der Waals surface area (Å²) in [5.41, 5.74) is 3.49. The summed E-state index contributed by atoms with van der Waals surface area (Å²) < 4.78 is 0. The van der Waals surface area contributed by atoms with Gasteiger partial charge in [0.25, 0.3) is 0 Å². The largest absolute Gasteiger partial charge is 0.256 e. The number of pyridine rings is 1. The molecule has 0 amide bonds. The van der Waals surface area contributed by atoms with Crippen molar-refractivity contribution in [3.05, 3.63) is 42.2 Å². The third-order valence-corrected chi connectivity index (χ3v) is 2.11. The molecule has 0 saturated carbocycles. The van der Waals surface area contributed by atoms with Gasteiger partial charge in [0.05, 0.1) is 5.69 Å². The van der Waals surface area contributed by atoms with Crippen molar-refractivity contribution >= 4 is 11.6 Å². The van der Waals surface area contributed by atoms with Crippen LogP contribution >= 0.6 is 0 Å². The summed E-state index contributed by atoms with van der Waals surface area (Å²) in [5.74, 6) is 0. The Morgan fingerprint density at radius 1 is 1.62 bits per heavy atom. The van der Waals surface area contributed by atoms with E-state index in [4.69, 9.17) is 0 Å². The molecule has 0 fully saturated rings. The van der Waals surface area contributed by atoms with Crippen LogP contribution in [0, 0.1) is 0 Å². The van der Waals surface area contributed by atoms with Crippen molar-refractivity contribution in [1.82, 2.24) is 4.98 Å². The molecule has 0 unspecified atom stereocenters. The van der Waals surface area contributed by atoms with Crippen LogP contribution in [0.4, 0.5) is 0 Å². The molecule has 1 aromatic rings. The van der Waals surface area contributed by atoms with Crippen molar-refractivity contribution in [2.24, 2.45) is 0 Å². The molecule has 1 heteroatoms. The number of hydrogen-bond acceptors (Lipinski definition) is 1. The molecule has 1 aromatic heterocycles. The molecular weight excluding hydrogens is 158 g/mol. The van der Waals surface area contributed by atoms with Crippen LogP contribution < -0.4 is 0 Å². The average molecular weight is 173 g/mol. The SMILES string of the molecule is C=Cc1ncccc1/C(=C\C)CC. The molecule has 0 saturated heterocycles. The van der Waals surface area contributed by atoms with Crippen LogP contribution in [-0.4, -0.2) is 4.98 Å². The highest BCUT2D eigenvalue weighted by Gasteiger charge is 2.02. The Kier molecular flexibility index (Phi) is 3.44. The molecule has 0 radical (unpaired) electrons. The minimum atomic E-state index is 0.970. The lowest BCUT2D eigenvalue weighted by molar-refractivity contribution is 1.20. The normalized spacial score (nSPS) is 11.4. The fraction of sp³-hybridized carbons (Fsp3) is 0.250. The maximum Gasteiger partial charge on any atom is 0.0698 e. The predicted molar refractivity (Wildman–Crippen MR) is 58.3 cm³/mol. The van der Waals surface area contributed by atoms with Crippen LogP contribution in [0.1, 0.15) is 31.5 Å². The maximum atomic E-state index is 4.26. The molecule has 0 spiro atoms. The van der Waals surface area contributed by atoms with E-state index in [1.165, 1.54) is 11.1 Å². The second-order valence-corrected chi connectivity index (χ2v) is 2.81. The highest BCUT2D eigenvalue weighted by Crippen LogP contribution is 2.20. The van der Waals surface area contributed by atoms with E-state index in [0.717, 1.165) is 12.1 Å². The molecule has 1 rings (SSSR count). The lowest BCUT2D eigenvalue weighted by Crippen LogP contribution is -1.90. The van der Waals surface area contributed by atoms with E-state index in [9.17, 15) is 0 Å². The zero-order valence-corrected chi connectivity index (χ0v) is 8.25. The standard InChI is InChI=1S/C12H15N/c1-4-10(5-2)11-8-7-9-13-12(11)6-3/h4,6-9H,3,5H2,1-2H3/b10-4-. The molecule has 0 aromatic carbocycles. The monoisotopic (exact) mass is 173 g/mol. The Bertz CT molecular complexity index is 324. The van der Waals surface area contributed by atoms with Gasteiger partial charge < -0.3 is 0 Å². The maximum absolute atomic E-state index is 4.26. The van der Waals surface area contributed by atoms with E-state index in [1.54, 1.807) is 12.3 Å². The molecule has 0 N–H and O–H groups in total. The predicted octanol–water partition coefficient (Wildman–Crippen LogP) is 3.54. The second kappa shape index (κ2) is 4.61. The Balaban J connectivity index is 3.19. The van der Waals surface area contributed by atoms with Gasteiger partial charge in [-0.3, -0.25) is 4.98 Å². The topological polar surface area (TPSA) is 12.9 Å². The van der Waals surface area contributed by atoms with Gasteiger partial charge in [-0.15, -0.1) is 0 Å². The van der Waals surface area contributed by atoms with Gasteiger partial charge in [-0.1, -0.05) is 25.6 Å². The smallest absolute Gasteiger partial charge is 0.0698 e. The summed E-state index contributed by atoms with van der Waals surface area (Å²) >= 11 is 0. The number of aromatic nitrogens is 1. The van der Waals surface area contributed by atoms with Gasteiger partial charge >= 0.3 is 0 Å². The molecule has 13 heavy (non-hydrogen) atoms. The van der Waals surface area contributed by atoms with Crippen molar-refractivity contribution in [3.8, 4) is 0 Å². The van der Waals surface area contributed by atoms with Gasteiger partial charge in [0.1, 0.15) is 0 Å². The average Bonchev–Trinajstić information content (AvgIpc) is 2.20. The van der Waals surface area contributed by atoms with Crippen LogP contribution in [0.2, 0.25) is 0 Å². The summed E-state index contributed by atoms with van der Waals surface area (Å²) in [5, 5.41) is 0. The molecule has 1 nitrogen and oxygen atoms in total. The van der Waals surface area contributed by atoms with Crippen molar-refractivity contribution < 1.29 is 0 Å². The molecule has 68 valence electrons. The van der Waals surface area contributed by atoms with Gasteiger partial charge in [-0.05, 0) is 31.1 Å². The van der Waals surface area contributed by atoms with Crippen molar-refractivity contribution in [1.29, 1.82) is 0 Å². The van der Waals surface area contributed by atoms with Gasteiger partial charge in [0.15, 0.2) is 0 Å². The first-order valence-electron chi connectivity index (χ1n) is 4.56. The molecule has 0 aliphatic rings. The molecular formula is C12H15N. The van der Waals surface area contributed by atoms with Crippen molar-refractivity contribution in [3.63, 3.8) is 0 Å². The Labute approximate surface area is 79.8 Å². The first-order chi connectivity index (χ1) is 6.33. The molecule has 1 heterocycles. The number of rotatable bonds is 3. The fourth-order valence-electron chi connectivity index (χ4n) is 1.40. The Morgan fingerprint density at radius 3 is 2.92 bits per heavy atom. The molecule has 0 atom stereocenters. The van der Waals surface area contributed by atoms with E-state index in [1.807, 2.05) is 6.07 Å². The second-order valence-electron chi connectivity index (χ2n) is 2.81. The minimum absolute atomic E-state index is 0.970. The van der Waals surface area contributed by atoms with E-state index in [-0.39, 0.29) is 0 Å². The van der Waals surface area contributed by atoms with Gasteiger partial charge in [-0.25, -0.2) is 0 Å². The van der Waals surface area contributed by atoms with Crippen LogP contribution in [0.25, 0.3) is 11.6 Å². The number of nitrogens with zero attached hydrogens (tertiary/aromatic N) is 1. The number of hydrogen-bond donors (Lipinski definition) is 0. The summed E-state index contributed by atoms with van der Waals surface area (Å²) in [4.78, 5) is 4.26. The summed E-state index contributed by atoms with van der Waals surface area (Å²) in [6.07, 6.45) is 6.75. The Morgan fingerprint density at radius 2 is 2.38 bits per heavy atom. The van der Waals surface area contributed by atoms with E-state index in [2.05, 4.69) is 37.6 Å². The fourth-order valence-corrected chi connectivity index (χ4v) is 1.40. The van der Waals surface area contributed by atoms with E-state index >= 15 is 0 Å². The molecule has 0 bridgehead atoms. The zero-order chi connectivity index (χ0) is 9.68. The quantitative estimate of drug-likeness (QED) is 0.681. The van der Waals surface area contributed by atoms with Crippen LogP contribution in [0.5, 0.6) is 0 Å². The summed E-state index contributed by atoms with van der Waals surface area (Å²) in [6.45, 7) is 7.96. The third kappa shape index (κ3) is 2.05. The zero-order valence-electron chi connectivity index (χ0n) is 8.25. The van der Waals surface area contributed by atoms with Gasteiger partial charge in [-0.2, -0.15) is 0 Å². The van der Waals surface area contributed by atoms with E-state index < -0.39 is 0 Å². The lowest BCUT2D eigenvalue weighted by atomic mass is 10.0. The third-order valence-electron chi connectivity index (χ3n) is 2.11. The first kappa shape index (κ1) is 9.72. The molecule has 0 aliphatic carbocycles. The van der Waals surface area contributed by atoms with Crippen molar-refractivity contribution in [2.75, 3.05) is 0 Å². The van der Waals surface area contributed by atoms with Gasteiger partial charge in [0, 0.05) is 11.8 Å². The van der Waals surface area contributed by atoms with Crippen LogP contribution in [0.3, 0.4) is 0 Å². The van der Waals surface area contributed by atoms with Crippen LogP contribution in [-0.2, 0) is 0 Å². The first-order valence-corrected chi connectivity index (χ1v) is 4.56. The van der Waals surface area contributed by atoms with Gasteiger partial charge in [0.2, 0.25) is 0 Å².